The van der Waals surface area contributed by atoms with Crippen LogP contribution in [0.1, 0.15) is 46.3 Å². The van der Waals surface area contributed by atoms with Crippen molar-refractivity contribution in [1.29, 1.82) is 0 Å². The van der Waals surface area contributed by atoms with Crippen molar-refractivity contribution >= 4 is 26.3 Å². The number of fused-ring (bicyclic) bond motifs is 2. The number of benzene rings is 3. The molecule has 0 saturated heterocycles. The lowest BCUT2D eigenvalue weighted by Crippen LogP contribution is -2.44. The predicted octanol–water partition coefficient (Wildman–Crippen LogP) is 4.72. The number of rotatable bonds is 6. The topological polar surface area (TPSA) is 133 Å². The summed E-state index contributed by atoms with van der Waals surface area (Å²) in [6.45, 7) is 1.27. The fourth-order valence-electron chi connectivity index (χ4n) is 6.32. The zero-order valence-electron chi connectivity index (χ0n) is 21.4. The number of nitrogens with one attached hydrogen (secondary N) is 2. The van der Waals surface area contributed by atoms with E-state index in [9.17, 15) is 25.9 Å². The molecule has 40 heavy (non-hydrogen) atoms. The lowest BCUT2D eigenvalue weighted by molar-refractivity contribution is 0.193. The Morgan fingerprint density at radius 1 is 0.725 bits per heavy atom. The maximum Gasteiger partial charge on any atom is 0.295 e. The summed E-state index contributed by atoms with van der Waals surface area (Å²) in [6, 6.07) is 21.5. The first-order valence-electron chi connectivity index (χ1n) is 12.8. The molecular formula is C30H28N2O6S2. The third kappa shape index (κ3) is 4.66. The third-order valence-electron chi connectivity index (χ3n) is 8.11. The Balaban J connectivity index is 1.49. The monoisotopic (exact) mass is 576 g/mol. The van der Waals surface area contributed by atoms with Crippen molar-refractivity contribution in [2.45, 2.75) is 36.5 Å². The van der Waals surface area contributed by atoms with Gasteiger partial charge in [0.25, 0.3) is 20.2 Å². The average Bonchev–Trinajstić information content (AvgIpc) is 3.56. The zero-order chi connectivity index (χ0) is 28.1. The fourth-order valence-corrected chi connectivity index (χ4v) is 7.87. The van der Waals surface area contributed by atoms with Crippen LogP contribution < -0.4 is 10.6 Å². The smallest absolute Gasteiger partial charge is 0.295 e. The minimum atomic E-state index is -4.65. The lowest BCUT2D eigenvalue weighted by Gasteiger charge is -2.44. The molecule has 0 aromatic heterocycles. The molecule has 1 aliphatic carbocycles. The van der Waals surface area contributed by atoms with Crippen molar-refractivity contribution in [3.63, 3.8) is 0 Å². The van der Waals surface area contributed by atoms with Crippen molar-refractivity contribution in [3.05, 3.63) is 129 Å². The highest BCUT2D eigenvalue weighted by atomic mass is 32.2. The second kappa shape index (κ2) is 9.91. The average molecular weight is 577 g/mol. The molecule has 4 N–H and O–H groups in total. The van der Waals surface area contributed by atoms with E-state index in [1.165, 1.54) is 30.4 Å². The highest BCUT2D eigenvalue weighted by Gasteiger charge is 2.51. The van der Waals surface area contributed by atoms with Gasteiger partial charge in [0.15, 0.2) is 0 Å². The predicted molar refractivity (Wildman–Crippen MR) is 152 cm³/mol. The lowest BCUT2D eigenvalue weighted by atomic mass is 9.65. The first kappa shape index (κ1) is 26.8. The molecule has 8 nitrogen and oxygen atoms in total. The molecule has 0 fully saturated rings. The van der Waals surface area contributed by atoms with Gasteiger partial charge < -0.3 is 10.6 Å². The van der Waals surface area contributed by atoms with Crippen LogP contribution in [-0.2, 0) is 33.3 Å². The van der Waals surface area contributed by atoms with E-state index in [0.29, 0.717) is 13.1 Å². The van der Waals surface area contributed by atoms with Crippen LogP contribution in [-0.4, -0.2) is 25.9 Å². The van der Waals surface area contributed by atoms with Gasteiger partial charge in [-0.1, -0.05) is 91.0 Å². The third-order valence-corrected chi connectivity index (χ3v) is 10.0. The molecule has 2 atom stereocenters. The molecule has 6 rings (SSSR count). The van der Waals surface area contributed by atoms with Crippen molar-refractivity contribution in [1.82, 2.24) is 10.6 Å². The van der Waals surface area contributed by atoms with Crippen LogP contribution in [0.15, 0.2) is 106 Å². The van der Waals surface area contributed by atoms with Crippen LogP contribution in [0.4, 0.5) is 0 Å². The van der Waals surface area contributed by atoms with Crippen LogP contribution in [0.3, 0.4) is 0 Å². The summed E-state index contributed by atoms with van der Waals surface area (Å²) in [6.07, 6.45) is 6.58. The highest BCUT2D eigenvalue weighted by molar-refractivity contribution is 7.89. The Labute approximate surface area is 233 Å². The van der Waals surface area contributed by atoms with Gasteiger partial charge in [0.1, 0.15) is 4.90 Å². The molecule has 10 heteroatoms. The van der Waals surface area contributed by atoms with Crippen molar-refractivity contribution in [2.24, 2.45) is 5.41 Å². The second-order valence-corrected chi connectivity index (χ2v) is 13.2. The van der Waals surface area contributed by atoms with Gasteiger partial charge in [-0.05, 0) is 45.9 Å². The van der Waals surface area contributed by atoms with Crippen LogP contribution in [0.2, 0.25) is 0 Å². The van der Waals surface area contributed by atoms with Gasteiger partial charge in [-0.15, -0.1) is 0 Å². The molecule has 0 spiro atoms. The standard InChI is InChI=1S/C30H28N2O6S2/c33-39(34,35)26-12-6-3-7-20(26)13-14-21-15-16-30(17-27(21)40(36,37)38,28-24-10-4-1-8-22(24)18-31-28)29-25-11-5-2-9-23(25)19-32-29/h1-16,28-29,31-32H,17-19H2,(H,33,34,35)(H,36,37,38). The van der Waals surface area contributed by atoms with E-state index in [-0.39, 0.29) is 39.4 Å². The Morgan fingerprint density at radius 2 is 1.27 bits per heavy atom. The van der Waals surface area contributed by atoms with E-state index < -0.39 is 25.7 Å². The van der Waals surface area contributed by atoms with E-state index in [0.717, 1.165) is 22.3 Å². The number of hydrogen-bond acceptors (Lipinski definition) is 6. The van der Waals surface area contributed by atoms with Crippen LogP contribution in [0, 0.1) is 5.41 Å². The van der Waals surface area contributed by atoms with E-state index in [2.05, 4.69) is 34.9 Å². The van der Waals surface area contributed by atoms with Crippen LogP contribution in [0.25, 0.3) is 6.08 Å². The summed E-state index contributed by atoms with van der Waals surface area (Å²) in [5.74, 6) is 0. The second-order valence-electron chi connectivity index (χ2n) is 10.3. The van der Waals surface area contributed by atoms with Crippen LogP contribution in [0.5, 0.6) is 0 Å². The molecule has 3 aromatic carbocycles. The fraction of sp³-hybridized carbons (Fsp3) is 0.200. The minimum Gasteiger partial charge on any atom is -0.305 e. The van der Waals surface area contributed by atoms with E-state index in [1.807, 2.05) is 30.3 Å². The number of allylic oxidation sites excluding steroid dienone is 4. The minimum absolute atomic E-state index is 0.0000456. The Kier molecular flexibility index (Phi) is 6.65. The first-order valence-corrected chi connectivity index (χ1v) is 15.7. The number of hydrogen-bond donors (Lipinski definition) is 4. The molecule has 0 amide bonds. The molecule has 206 valence electrons. The van der Waals surface area contributed by atoms with Gasteiger partial charge in [0.05, 0.1) is 4.91 Å². The molecule has 2 aliphatic heterocycles. The highest BCUT2D eigenvalue weighted by Crippen LogP contribution is 2.56. The molecule has 3 aromatic rings. The van der Waals surface area contributed by atoms with Crippen molar-refractivity contribution < 1.29 is 25.9 Å². The normalized spacial score (nSPS) is 24.4. The molecular weight excluding hydrogens is 548 g/mol. The molecule has 2 unspecified atom stereocenters. The van der Waals surface area contributed by atoms with Crippen molar-refractivity contribution in [3.8, 4) is 0 Å². The maximum absolute atomic E-state index is 12.9. The van der Waals surface area contributed by atoms with Gasteiger partial charge in [-0.3, -0.25) is 9.11 Å². The summed E-state index contributed by atoms with van der Waals surface area (Å²) in [5, 5.41) is 7.21. The summed E-state index contributed by atoms with van der Waals surface area (Å²) in [7, 11) is -9.14. The Morgan fingerprint density at radius 3 is 1.85 bits per heavy atom. The van der Waals surface area contributed by atoms with Gasteiger partial charge in [0, 0.05) is 30.6 Å². The molecule has 0 radical (unpaired) electrons. The van der Waals surface area contributed by atoms with E-state index in [1.54, 1.807) is 12.1 Å². The molecule has 0 saturated carbocycles. The largest absolute Gasteiger partial charge is 0.305 e. The quantitative estimate of drug-likeness (QED) is 0.310. The SMILES string of the molecule is O=S(=O)(O)C1=C(C=Cc2ccccc2S(=O)(=O)O)C=CC(C2NCc3ccccc32)(C2NCc3ccccc32)C1. The van der Waals surface area contributed by atoms with E-state index >= 15 is 0 Å². The summed E-state index contributed by atoms with van der Waals surface area (Å²) in [4.78, 5) is -0.458. The maximum atomic E-state index is 12.9. The Hall–Kier alpha value is -3.38. The summed E-state index contributed by atoms with van der Waals surface area (Å²) < 4.78 is 69.6. The van der Waals surface area contributed by atoms with Gasteiger partial charge >= 0.3 is 0 Å². The Bertz CT molecular complexity index is 1750. The summed E-state index contributed by atoms with van der Waals surface area (Å²) >= 11 is 0. The summed E-state index contributed by atoms with van der Waals surface area (Å²) in [5.41, 5.74) is 4.06. The molecule has 2 heterocycles. The van der Waals surface area contributed by atoms with Gasteiger partial charge in [0.2, 0.25) is 0 Å². The zero-order valence-corrected chi connectivity index (χ0v) is 23.0. The molecule has 0 bridgehead atoms. The van der Waals surface area contributed by atoms with E-state index in [4.69, 9.17) is 0 Å². The molecule has 3 aliphatic rings. The van der Waals surface area contributed by atoms with Crippen LogP contribution >= 0.6 is 0 Å². The van der Waals surface area contributed by atoms with Crippen molar-refractivity contribution in [2.75, 3.05) is 0 Å². The van der Waals surface area contributed by atoms with Gasteiger partial charge in [-0.25, -0.2) is 0 Å². The van der Waals surface area contributed by atoms with Gasteiger partial charge in [-0.2, -0.15) is 16.8 Å². The first-order chi connectivity index (χ1) is 19.1.